The fourth-order valence-electron chi connectivity index (χ4n) is 3.29. The fourth-order valence-corrected chi connectivity index (χ4v) is 4.28. The number of Topliss-reactive ketones (excluding diaryl/α,β-unsaturated/α-hetero) is 1. The van der Waals surface area contributed by atoms with Gasteiger partial charge in [-0.05, 0) is 51.0 Å². The summed E-state index contributed by atoms with van der Waals surface area (Å²) < 4.78 is 4.14. The van der Waals surface area contributed by atoms with Crippen LogP contribution < -0.4 is 0 Å². The summed E-state index contributed by atoms with van der Waals surface area (Å²) in [4.78, 5) is 12.8. The number of aromatic nitrogens is 4. The van der Waals surface area contributed by atoms with Crippen LogP contribution in [0.15, 0.2) is 41.8 Å². The Hall–Kier alpha value is -2.05. The molecule has 0 atom stereocenters. The normalized spacial score (nSPS) is 14.0. The molecule has 0 radical (unpaired) electrons. The Balaban J connectivity index is 1.51. The third-order valence-electron chi connectivity index (χ3n) is 4.63. The van der Waals surface area contributed by atoms with Crippen LogP contribution in [0.3, 0.4) is 0 Å². The molecule has 4 rings (SSSR count). The molecule has 2 heterocycles. The predicted octanol–water partition coefficient (Wildman–Crippen LogP) is 4.65. The number of thioether (sulfide) groups is 1. The van der Waals surface area contributed by atoms with E-state index in [1.807, 2.05) is 41.8 Å². The highest BCUT2D eigenvalue weighted by atomic mass is 35.5. The maximum Gasteiger partial charge on any atom is 0.196 e. The molecule has 1 fully saturated rings. The molecule has 134 valence electrons. The third kappa shape index (κ3) is 3.31. The van der Waals surface area contributed by atoms with Gasteiger partial charge in [-0.1, -0.05) is 29.4 Å². The summed E-state index contributed by atoms with van der Waals surface area (Å²) in [6, 6.07) is 10.1. The van der Waals surface area contributed by atoms with Gasteiger partial charge in [-0.2, -0.15) is 0 Å². The van der Waals surface area contributed by atoms with E-state index in [2.05, 4.69) is 21.7 Å². The van der Waals surface area contributed by atoms with Crippen molar-refractivity contribution >= 4 is 29.1 Å². The highest BCUT2D eigenvalue weighted by Crippen LogP contribution is 2.38. The summed E-state index contributed by atoms with van der Waals surface area (Å²) in [6.07, 6.45) is 4.06. The van der Waals surface area contributed by atoms with Crippen molar-refractivity contribution in [1.82, 2.24) is 19.3 Å². The van der Waals surface area contributed by atoms with Gasteiger partial charge in [-0.25, -0.2) is 0 Å². The van der Waals surface area contributed by atoms with Crippen LogP contribution in [0.4, 0.5) is 0 Å². The van der Waals surface area contributed by atoms with Gasteiger partial charge in [0.15, 0.2) is 10.9 Å². The van der Waals surface area contributed by atoms with Crippen molar-refractivity contribution < 1.29 is 4.79 Å². The summed E-state index contributed by atoms with van der Waals surface area (Å²) in [6.45, 7) is 4.11. The highest BCUT2D eigenvalue weighted by molar-refractivity contribution is 7.99. The van der Waals surface area contributed by atoms with Crippen LogP contribution >= 0.6 is 23.4 Å². The molecular weight excluding hydrogens is 368 g/mol. The number of hydrogen-bond donors (Lipinski definition) is 0. The summed E-state index contributed by atoms with van der Waals surface area (Å²) >= 11 is 7.46. The Morgan fingerprint density at radius 1 is 1.31 bits per heavy atom. The first-order chi connectivity index (χ1) is 12.5. The monoisotopic (exact) mass is 386 g/mol. The molecule has 0 saturated heterocycles. The van der Waals surface area contributed by atoms with E-state index in [-0.39, 0.29) is 5.78 Å². The minimum atomic E-state index is 0.121. The number of nitrogens with zero attached hydrogens (tertiary/aromatic N) is 4. The molecule has 5 nitrogen and oxygen atoms in total. The molecule has 0 unspecified atom stereocenters. The van der Waals surface area contributed by atoms with Gasteiger partial charge in [-0.3, -0.25) is 9.36 Å². The van der Waals surface area contributed by atoms with Gasteiger partial charge < -0.3 is 4.57 Å². The van der Waals surface area contributed by atoms with Crippen molar-refractivity contribution in [3.05, 3.63) is 58.6 Å². The first-order valence-corrected chi connectivity index (χ1v) is 9.91. The lowest BCUT2D eigenvalue weighted by Gasteiger charge is -2.08. The zero-order valence-electron chi connectivity index (χ0n) is 14.6. The van der Waals surface area contributed by atoms with Crippen molar-refractivity contribution in [3.8, 4) is 5.69 Å². The van der Waals surface area contributed by atoms with Crippen molar-refractivity contribution in [3.63, 3.8) is 0 Å². The quantitative estimate of drug-likeness (QED) is 0.457. The Kier molecular flexibility index (Phi) is 4.63. The van der Waals surface area contributed by atoms with Gasteiger partial charge in [0.2, 0.25) is 0 Å². The van der Waals surface area contributed by atoms with Crippen LogP contribution in [0.2, 0.25) is 5.02 Å². The number of carbonyl (C=O) groups is 1. The van der Waals surface area contributed by atoms with E-state index in [0.29, 0.717) is 22.0 Å². The van der Waals surface area contributed by atoms with Crippen molar-refractivity contribution in [2.45, 2.75) is 37.9 Å². The molecule has 7 heteroatoms. The van der Waals surface area contributed by atoms with Crippen LogP contribution in [0, 0.1) is 13.8 Å². The fraction of sp³-hybridized carbons (Fsp3) is 0.316. The van der Waals surface area contributed by atoms with Crippen molar-refractivity contribution in [1.29, 1.82) is 0 Å². The molecule has 0 spiro atoms. The zero-order valence-corrected chi connectivity index (χ0v) is 16.2. The lowest BCUT2D eigenvalue weighted by Crippen LogP contribution is -2.06. The number of halogens is 1. The summed E-state index contributed by atoms with van der Waals surface area (Å²) in [5.74, 6) is 0.449. The van der Waals surface area contributed by atoms with Gasteiger partial charge in [0.25, 0.3) is 0 Å². The minimum absolute atomic E-state index is 0.121. The third-order valence-corrected chi connectivity index (χ3v) is 5.81. The first kappa shape index (κ1) is 17.4. The predicted molar refractivity (Wildman–Crippen MR) is 104 cm³/mol. The molecule has 0 aliphatic heterocycles. The molecule has 0 bridgehead atoms. The molecule has 1 aliphatic rings. The lowest BCUT2D eigenvalue weighted by atomic mass is 10.2. The van der Waals surface area contributed by atoms with Crippen LogP contribution in [-0.2, 0) is 0 Å². The maximum atomic E-state index is 12.8. The number of benzene rings is 1. The van der Waals surface area contributed by atoms with Crippen LogP contribution in [0.5, 0.6) is 0 Å². The van der Waals surface area contributed by atoms with Crippen LogP contribution in [-0.4, -0.2) is 30.9 Å². The van der Waals surface area contributed by atoms with Gasteiger partial charge in [0, 0.05) is 28.0 Å². The van der Waals surface area contributed by atoms with Crippen LogP contribution in [0.1, 0.15) is 40.6 Å². The first-order valence-electron chi connectivity index (χ1n) is 8.55. The van der Waals surface area contributed by atoms with Gasteiger partial charge in [0.1, 0.15) is 6.33 Å². The Labute approximate surface area is 161 Å². The smallest absolute Gasteiger partial charge is 0.196 e. The minimum Gasteiger partial charge on any atom is -0.345 e. The van der Waals surface area contributed by atoms with Crippen molar-refractivity contribution in [2.75, 3.05) is 5.75 Å². The molecular formula is C19H19ClN4OS. The SMILES string of the molecule is Cc1cc(C(=O)CSc2nncn2-c2cccc(Cl)c2)c(C)n1C1CC1. The number of rotatable bonds is 6. The number of aryl methyl sites for hydroxylation is 1. The Morgan fingerprint density at radius 2 is 2.12 bits per heavy atom. The van der Waals surface area contributed by atoms with E-state index < -0.39 is 0 Å². The van der Waals surface area contributed by atoms with E-state index in [0.717, 1.165) is 16.9 Å². The Morgan fingerprint density at radius 3 is 2.85 bits per heavy atom. The second kappa shape index (κ2) is 6.93. The average molecular weight is 387 g/mol. The van der Waals surface area contributed by atoms with E-state index in [9.17, 15) is 4.79 Å². The van der Waals surface area contributed by atoms with Gasteiger partial charge in [0.05, 0.1) is 11.4 Å². The second-order valence-electron chi connectivity index (χ2n) is 6.56. The number of ketones is 1. The second-order valence-corrected chi connectivity index (χ2v) is 7.94. The maximum absolute atomic E-state index is 12.8. The summed E-state index contributed by atoms with van der Waals surface area (Å²) in [5.41, 5.74) is 3.94. The summed E-state index contributed by atoms with van der Waals surface area (Å²) in [7, 11) is 0. The Bertz CT molecular complexity index is 974. The van der Waals surface area contributed by atoms with Gasteiger partial charge >= 0.3 is 0 Å². The van der Waals surface area contributed by atoms with E-state index in [1.54, 1.807) is 6.33 Å². The standard InChI is InChI=1S/C19H19ClN4OS/c1-12-8-17(13(2)24(12)15-6-7-15)18(25)10-26-19-22-21-11-23(19)16-5-3-4-14(20)9-16/h3-5,8-9,11,15H,6-7,10H2,1-2H3. The molecule has 1 aliphatic carbocycles. The largest absolute Gasteiger partial charge is 0.345 e. The van der Waals surface area contributed by atoms with E-state index in [1.165, 1.54) is 30.3 Å². The molecule has 1 saturated carbocycles. The molecule has 3 aromatic rings. The van der Waals surface area contributed by atoms with Crippen molar-refractivity contribution in [2.24, 2.45) is 0 Å². The molecule has 1 aromatic carbocycles. The summed E-state index contributed by atoms with van der Waals surface area (Å²) in [5, 5.41) is 9.45. The number of hydrogen-bond acceptors (Lipinski definition) is 4. The lowest BCUT2D eigenvalue weighted by molar-refractivity contribution is 0.102. The van der Waals surface area contributed by atoms with Gasteiger partial charge in [-0.15, -0.1) is 10.2 Å². The molecule has 2 aromatic heterocycles. The van der Waals surface area contributed by atoms with E-state index >= 15 is 0 Å². The molecule has 0 amide bonds. The highest BCUT2D eigenvalue weighted by Gasteiger charge is 2.28. The number of carbonyl (C=O) groups excluding carboxylic acids is 1. The van der Waals surface area contributed by atoms with E-state index in [4.69, 9.17) is 11.6 Å². The zero-order chi connectivity index (χ0) is 18.3. The average Bonchev–Trinajstić information content (AvgIpc) is 3.25. The topological polar surface area (TPSA) is 52.7 Å². The van der Waals surface area contributed by atoms with Crippen LogP contribution in [0.25, 0.3) is 5.69 Å². The molecule has 26 heavy (non-hydrogen) atoms. The molecule has 0 N–H and O–H groups in total.